The van der Waals surface area contributed by atoms with Crippen LogP contribution in [0.25, 0.3) is 0 Å². The Morgan fingerprint density at radius 2 is 1.56 bits per heavy atom. The minimum absolute atomic E-state index is 0.0844. The van der Waals surface area contributed by atoms with Gasteiger partial charge in [0.25, 0.3) is 0 Å². The molecule has 0 aliphatic carbocycles. The maximum Gasteiger partial charge on any atom is 0.337 e. The summed E-state index contributed by atoms with van der Waals surface area (Å²) >= 11 is 6.10. The van der Waals surface area contributed by atoms with Crippen molar-refractivity contribution < 1.29 is 32.3 Å². The summed E-state index contributed by atoms with van der Waals surface area (Å²) < 4.78 is 36.4. The molecule has 0 atom stereocenters. The van der Waals surface area contributed by atoms with Gasteiger partial charge in [-0.3, -0.25) is 4.79 Å². The molecule has 1 aliphatic rings. The van der Waals surface area contributed by atoms with Crippen molar-refractivity contribution in [1.29, 1.82) is 0 Å². The van der Waals surface area contributed by atoms with Crippen molar-refractivity contribution in [2.75, 3.05) is 32.6 Å². The van der Waals surface area contributed by atoms with Gasteiger partial charge in [-0.1, -0.05) is 29.8 Å². The molecule has 0 radical (unpaired) electrons. The number of amides is 1. The fraction of sp³-hybridized carbons (Fsp3) is 0.348. The molecular formula is C23H25ClN2O7S. The molecule has 0 bridgehead atoms. The summed E-state index contributed by atoms with van der Waals surface area (Å²) in [6, 6.07) is 10.9. The minimum Gasteiger partial charge on any atom is -0.465 e. The number of nitrogens with zero attached hydrogens (tertiary/aromatic N) is 1. The minimum atomic E-state index is -3.59. The number of hydrogen-bond donors (Lipinski definition) is 1. The summed E-state index contributed by atoms with van der Waals surface area (Å²) in [7, 11) is -1.17. The first-order valence-corrected chi connectivity index (χ1v) is 12.5. The average Bonchev–Trinajstić information content (AvgIpc) is 2.84. The van der Waals surface area contributed by atoms with Crippen molar-refractivity contribution in [2.45, 2.75) is 18.6 Å². The van der Waals surface area contributed by atoms with Crippen LogP contribution in [-0.4, -0.2) is 57.9 Å². The zero-order valence-electron chi connectivity index (χ0n) is 18.7. The highest BCUT2D eigenvalue weighted by molar-refractivity contribution is 7.88. The number of benzene rings is 2. The van der Waals surface area contributed by atoms with E-state index in [4.69, 9.17) is 21.1 Å². The Kier molecular flexibility index (Phi) is 8.29. The highest BCUT2D eigenvalue weighted by atomic mass is 35.5. The number of carbonyl (C=O) groups is 3. The normalized spacial score (nSPS) is 14.9. The third-order valence-electron chi connectivity index (χ3n) is 5.56. The van der Waals surface area contributed by atoms with E-state index in [0.717, 1.165) is 0 Å². The topological polar surface area (TPSA) is 119 Å². The Bertz CT molecular complexity index is 1160. The molecule has 1 heterocycles. The zero-order chi connectivity index (χ0) is 24.9. The zero-order valence-corrected chi connectivity index (χ0v) is 20.3. The number of nitrogens with one attached hydrogen (secondary N) is 1. The molecule has 34 heavy (non-hydrogen) atoms. The number of ether oxygens (including phenoxy) is 2. The number of sulfonamides is 1. The smallest absolute Gasteiger partial charge is 0.337 e. The maximum absolute atomic E-state index is 12.8. The fourth-order valence-corrected chi connectivity index (χ4v) is 5.59. The highest BCUT2D eigenvalue weighted by Crippen LogP contribution is 2.26. The Balaban J connectivity index is 1.66. The molecule has 9 nitrogen and oxygen atoms in total. The van der Waals surface area contributed by atoms with Crippen molar-refractivity contribution in [3.8, 4) is 0 Å². The molecule has 2 aromatic carbocycles. The van der Waals surface area contributed by atoms with Gasteiger partial charge < -0.3 is 14.8 Å². The van der Waals surface area contributed by atoms with Crippen molar-refractivity contribution in [1.82, 2.24) is 4.31 Å². The molecule has 1 saturated heterocycles. The van der Waals surface area contributed by atoms with Crippen LogP contribution in [0.1, 0.15) is 39.1 Å². The van der Waals surface area contributed by atoms with Crippen LogP contribution >= 0.6 is 11.6 Å². The van der Waals surface area contributed by atoms with E-state index in [2.05, 4.69) is 5.32 Å². The molecule has 1 N–H and O–H groups in total. The number of rotatable bonds is 7. The van der Waals surface area contributed by atoms with Gasteiger partial charge in [0, 0.05) is 29.7 Å². The lowest BCUT2D eigenvalue weighted by molar-refractivity contribution is -0.120. The van der Waals surface area contributed by atoms with E-state index in [1.165, 1.54) is 36.7 Å². The van der Waals surface area contributed by atoms with E-state index in [0.29, 0.717) is 23.4 Å². The predicted molar refractivity (Wildman–Crippen MR) is 126 cm³/mol. The molecule has 0 saturated carbocycles. The van der Waals surface area contributed by atoms with Crippen molar-refractivity contribution in [2.24, 2.45) is 5.92 Å². The lowest BCUT2D eigenvalue weighted by atomic mass is 9.97. The van der Waals surface area contributed by atoms with Gasteiger partial charge in [-0.05, 0) is 42.7 Å². The highest BCUT2D eigenvalue weighted by Gasteiger charge is 2.31. The van der Waals surface area contributed by atoms with Crippen molar-refractivity contribution in [3.63, 3.8) is 0 Å². The summed E-state index contributed by atoms with van der Waals surface area (Å²) in [6.07, 6.45) is 0.655. The van der Waals surface area contributed by atoms with Crippen LogP contribution in [0.4, 0.5) is 5.69 Å². The second-order valence-electron chi connectivity index (χ2n) is 7.79. The van der Waals surface area contributed by atoms with Crippen LogP contribution in [-0.2, 0) is 30.0 Å². The van der Waals surface area contributed by atoms with E-state index >= 15 is 0 Å². The number of carbonyl (C=O) groups excluding carboxylic acids is 3. The molecule has 1 fully saturated rings. The Morgan fingerprint density at radius 3 is 2.09 bits per heavy atom. The molecule has 1 amide bonds. The average molecular weight is 509 g/mol. The molecule has 1 aliphatic heterocycles. The third kappa shape index (κ3) is 6.13. The molecule has 11 heteroatoms. The van der Waals surface area contributed by atoms with Gasteiger partial charge >= 0.3 is 11.9 Å². The van der Waals surface area contributed by atoms with Gasteiger partial charge in [-0.15, -0.1) is 0 Å². The first kappa shape index (κ1) is 25.7. The van der Waals surface area contributed by atoms with Gasteiger partial charge in [0.1, 0.15) is 0 Å². The van der Waals surface area contributed by atoms with E-state index in [1.54, 1.807) is 24.3 Å². The summed E-state index contributed by atoms with van der Waals surface area (Å²) in [5.74, 6) is -2.31. The Morgan fingerprint density at radius 1 is 1.00 bits per heavy atom. The van der Waals surface area contributed by atoms with Gasteiger partial charge in [0.05, 0.1) is 31.1 Å². The van der Waals surface area contributed by atoms with Crippen LogP contribution in [0.5, 0.6) is 0 Å². The van der Waals surface area contributed by atoms with E-state index in [1.807, 2.05) is 0 Å². The van der Waals surface area contributed by atoms with Gasteiger partial charge in [0.15, 0.2) is 0 Å². The van der Waals surface area contributed by atoms with Gasteiger partial charge in [0.2, 0.25) is 15.9 Å². The molecule has 3 rings (SSSR count). The standard InChI is InChI=1S/C23H25ClN2O7S/c1-32-22(28)17-11-18(23(29)33-2)13-19(12-17)25-21(27)15-7-9-26(10-8-15)34(30,31)14-16-5-3-4-6-20(16)24/h3-6,11-13,15H,7-10,14H2,1-2H3,(H,25,27). The fourth-order valence-electron chi connectivity index (χ4n) is 3.71. The number of piperidine rings is 1. The second kappa shape index (κ2) is 11.0. The van der Waals surface area contributed by atoms with Crippen molar-refractivity contribution >= 4 is 45.2 Å². The van der Waals surface area contributed by atoms with E-state index in [9.17, 15) is 22.8 Å². The monoisotopic (exact) mass is 508 g/mol. The van der Waals surface area contributed by atoms with Crippen LogP contribution < -0.4 is 5.32 Å². The lowest BCUT2D eigenvalue weighted by Gasteiger charge is -2.30. The molecule has 182 valence electrons. The Hall–Kier alpha value is -2.95. The van der Waals surface area contributed by atoms with Crippen LogP contribution in [0.3, 0.4) is 0 Å². The first-order valence-electron chi connectivity index (χ1n) is 10.5. The van der Waals surface area contributed by atoms with Crippen molar-refractivity contribution in [3.05, 3.63) is 64.2 Å². The molecule has 0 aromatic heterocycles. The maximum atomic E-state index is 12.8. The molecule has 2 aromatic rings. The number of anilines is 1. The lowest BCUT2D eigenvalue weighted by Crippen LogP contribution is -2.41. The second-order valence-corrected chi connectivity index (χ2v) is 10.2. The van der Waals surface area contributed by atoms with E-state index in [-0.39, 0.29) is 41.6 Å². The summed E-state index contributed by atoms with van der Waals surface area (Å²) in [6.45, 7) is 0.390. The van der Waals surface area contributed by atoms with Gasteiger partial charge in [-0.2, -0.15) is 0 Å². The van der Waals surface area contributed by atoms with Crippen LogP contribution in [0.15, 0.2) is 42.5 Å². The Labute approximate surface area is 203 Å². The third-order valence-corrected chi connectivity index (χ3v) is 7.75. The molecule has 0 unspecified atom stereocenters. The van der Waals surface area contributed by atoms with Crippen LogP contribution in [0, 0.1) is 5.92 Å². The number of esters is 2. The van der Waals surface area contributed by atoms with Gasteiger partial charge in [-0.25, -0.2) is 22.3 Å². The first-order chi connectivity index (χ1) is 16.1. The van der Waals surface area contributed by atoms with Crippen LogP contribution in [0.2, 0.25) is 5.02 Å². The number of methoxy groups -OCH3 is 2. The molecule has 0 spiro atoms. The summed E-state index contributed by atoms with van der Waals surface area (Å²) in [4.78, 5) is 36.7. The van der Waals surface area contributed by atoms with E-state index < -0.39 is 27.9 Å². The quantitative estimate of drug-likeness (QED) is 0.571. The SMILES string of the molecule is COC(=O)c1cc(NC(=O)C2CCN(S(=O)(=O)Cc3ccccc3Cl)CC2)cc(C(=O)OC)c1. The largest absolute Gasteiger partial charge is 0.465 e. The predicted octanol–water partition coefficient (Wildman–Crippen LogP) is 3.09. The molecular weight excluding hydrogens is 484 g/mol. The number of hydrogen-bond acceptors (Lipinski definition) is 7. The summed E-state index contributed by atoms with van der Waals surface area (Å²) in [5, 5.41) is 3.10. The summed E-state index contributed by atoms with van der Waals surface area (Å²) in [5.41, 5.74) is 0.931. The number of halogens is 1.